The lowest BCUT2D eigenvalue weighted by Gasteiger charge is -2.26. The molecule has 1 aromatic rings. The Hall–Kier alpha value is -1.42. The Balaban J connectivity index is 2.08. The van der Waals surface area contributed by atoms with E-state index in [0.29, 0.717) is 0 Å². The number of rotatable bonds is 3. The van der Waals surface area contributed by atoms with Crippen molar-refractivity contribution in [1.29, 1.82) is 0 Å². The normalized spacial score (nSPS) is 18.2. The maximum absolute atomic E-state index is 11.7. The molecule has 0 radical (unpaired) electrons. The molecule has 4 heteroatoms. The van der Waals surface area contributed by atoms with Crippen LogP contribution in [0.15, 0.2) is 24.3 Å². The van der Waals surface area contributed by atoms with Gasteiger partial charge in [0.25, 0.3) is 0 Å². The van der Waals surface area contributed by atoms with Crippen LogP contribution < -0.4 is 11.1 Å². The van der Waals surface area contributed by atoms with Crippen molar-refractivity contribution in [1.82, 2.24) is 5.32 Å². The molecular weight excluding hydrogens is 232 g/mol. The molecule has 0 heterocycles. The van der Waals surface area contributed by atoms with Gasteiger partial charge in [-0.3, -0.25) is 4.79 Å². The van der Waals surface area contributed by atoms with Crippen molar-refractivity contribution in [3.63, 3.8) is 0 Å². The molecule has 3 N–H and O–H groups in total. The second kappa shape index (κ2) is 5.27. The number of benzene rings is 1. The number of fused-ring (bicyclic) bond motifs is 1. The zero-order valence-electron chi connectivity index (χ0n) is 9.61. The van der Waals surface area contributed by atoms with Crippen molar-refractivity contribution >= 4 is 23.1 Å². The summed E-state index contributed by atoms with van der Waals surface area (Å²) in [6.07, 6.45) is 3.32. The first-order valence-corrected chi connectivity index (χ1v) is 6.23. The fraction of sp³-hybridized carbons (Fsp3) is 0.385. The molecule has 0 fully saturated rings. The minimum absolute atomic E-state index is 0.0841. The first-order valence-electron chi connectivity index (χ1n) is 5.82. The summed E-state index contributed by atoms with van der Waals surface area (Å²) >= 11 is 4.73. The predicted octanol–water partition coefficient (Wildman–Crippen LogP) is 1.86. The average Bonchev–Trinajstić information content (AvgIpc) is 2.28. The van der Waals surface area contributed by atoms with Crippen LogP contribution in [-0.2, 0) is 11.2 Å². The summed E-state index contributed by atoms with van der Waals surface area (Å²) in [6.45, 7) is 0. The maximum atomic E-state index is 11.7. The summed E-state index contributed by atoms with van der Waals surface area (Å²) in [5.41, 5.74) is 7.93. The van der Waals surface area contributed by atoms with Gasteiger partial charge < -0.3 is 11.1 Å². The van der Waals surface area contributed by atoms with Crippen molar-refractivity contribution in [2.45, 2.75) is 31.7 Å². The molecule has 0 aromatic heterocycles. The summed E-state index contributed by atoms with van der Waals surface area (Å²) in [4.78, 5) is 11.9. The van der Waals surface area contributed by atoms with E-state index in [-0.39, 0.29) is 23.4 Å². The molecule has 1 amide bonds. The Labute approximate surface area is 106 Å². The third-order valence-corrected chi connectivity index (χ3v) is 3.18. The molecule has 90 valence electrons. The molecule has 1 unspecified atom stereocenters. The van der Waals surface area contributed by atoms with Crippen LogP contribution in [0.4, 0.5) is 0 Å². The van der Waals surface area contributed by atoms with Crippen LogP contribution in [0.5, 0.6) is 0 Å². The maximum Gasteiger partial charge on any atom is 0.227 e. The third kappa shape index (κ3) is 3.03. The summed E-state index contributed by atoms with van der Waals surface area (Å²) < 4.78 is 0. The summed E-state index contributed by atoms with van der Waals surface area (Å²) in [7, 11) is 0. The fourth-order valence-corrected chi connectivity index (χ4v) is 2.44. The van der Waals surface area contributed by atoms with E-state index in [1.165, 1.54) is 11.1 Å². The Bertz CT molecular complexity index is 445. The average molecular weight is 248 g/mol. The SMILES string of the molecule is NC(=S)CC(=O)NC1CCCc2ccccc21. The van der Waals surface area contributed by atoms with Gasteiger partial charge in [-0.25, -0.2) is 0 Å². The lowest BCUT2D eigenvalue weighted by Crippen LogP contribution is -2.33. The Morgan fingerprint density at radius 1 is 1.47 bits per heavy atom. The van der Waals surface area contributed by atoms with Crippen molar-refractivity contribution in [3.05, 3.63) is 35.4 Å². The van der Waals surface area contributed by atoms with E-state index in [0.717, 1.165) is 19.3 Å². The summed E-state index contributed by atoms with van der Waals surface area (Å²) in [6, 6.07) is 8.37. The fourth-order valence-electron chi connectivity index (χ4n) is 2.31. The van der Waals surface area contributed by atoms with Crippen LogP contribution in [-0.4, -0.2) is 10.9 Å². The van der Waals surface area contributed by atoms with E-state index in [1.807, 2.05) is 12.1 Å². The van der Waals surface area contributed by atoms with E-state index in [1.54, 1.807) is 0 Å². The van der Waals surface area contributed by atoms with Crippen LogP contribution in [0.3, 0.4) is 0 Å². The third-order valence-electron chi connectivity index (χ3n) is 3.04. The highest BCUT2D eigenvalue weighted by Gasteiger charge is 2.21. The van der Waals surface area contributed by atoms with Crippen LogP contribution in [0.2, 0.25) is 0 Å². The molecular formula is C13H16N2OS. The minimum atomic E-state index is -0.0841. The van der Waals surface area contributed by atoms with Gasteiger partial charge in [0.05, 0.1) is 17.5 Å². The van der Waals surface area contributed by atoms with Crippen molar-refractivity contribution in [2.75, 3.05) is 0 Å². The van der Waals surface area contributed by atoms with Gasteiger partial charge in [-0.15, -0.1) is 0 Å². The zero-order valence-corrected chi connectivity index (χ0v) is 10.4. The minimum Gasteiger partial charge on any atom is -0.393 e. The first-order chi connectivity index (χ1) is 8.16. The van der Waals surface area contributed by atoms with E-state index in [9.17, 15) is 4.79 Å². The summed E-state index contributed by atoms with van der Waals surface area (Å²) in [5.74, 6) is -0.0841. The number of aryl methyl sites for hydroxylation is 1. The van der Waals surface area contributed by atoms with Crippen molar-refractivity contribution < 1.29 is 4.79 Å². The molecule has 17 heavy (non-hydrogen) atoms. The highest BCUT2D eigenvalue weighted by molar-refractivity contribution is 7.80. The lowest BCUT2D eigenvalue weighted by atomic mass is 9.88. The molecule has 1 aliphatic rings. The topological polar surface area (TPSA) is 55.1 Å². The number of nitrogens with one attached hydrogen (secondary N) is 1. The highest BCUT2D eigenvalue weighted by atomic mass is 32.1. The second-order valence-corrected chi connectivity index (χ2v) is 4.88. The molecule has 2 rings (SSSR count). The van der Waals surface area contributed by atoms with Crippen LogP contribution >= 0.6 is 12.2 Å². The van der Waals surface area contributed by atoms with Gasteiger partial charge in [-0.05, 0) is 30.4 Å². The van der Waals surface area contributed by atoms with E-state index >= 15 is 0 Å². The van der Waals surface area contributed by atoms with E-state index in [2.05, 4.69) is 17.4 Å². The van der Waals surface area contributed by atoms with Crippen LogP contribution in [0.25, 0.3) is 0 Å². The quantitative estimate of drug-likeness (QED) is 0.803. The number of thiocarbonyl (C=S) groups is 1. The lowest BCUT2D eigenvalue weighted by molar-refractivity contribution is -0.120. The van der Waals surface area contributed by atoms with Gasteiger partial charge in [-0.2, -0.15) is 0 Å². The number of carbonyl (C=O) groups is 1. The van der Waals surface area contributed by atoms with Gasteiger partial charge in [0, 0.05) is 0 Å². The second-order valence-electron chi connectivity index (χ2n) is 4.35. The van der Waals surface area contributed by atoms with E-state index < -0.39 is 0 Å². The monoisotopic (exact) mass is 248 g/mol. The molecule has 1 aliphatic carbocycles. The number of hydrogen-bond acceptors (Lipinski definition) is 2. The molecule has 0 aliphatic heterocycles. The zero-order chi connectivity index (χ0) is 12.3. The van der Waals surface area contributed by atoms with Gasteiger partial charge in [-0.1, -0.05) is 36.5 Å². The standard InChI is InChI=1S/C13H16N2OS/c14-12(17)8-13(16)15-11-7-3-5-9-4-1-2-6-10(9)11/h1-2,4,6,11H,3,5,7-8H2,(H2,14,17)(H,15,16). The first kappa shape index (κ1) is 12.0. The molecule has 1 aromatic carbocycles. The molecule has 3 nitrogen and oxygen atoms in total. The number of nitrogens with two attached hydrogens (primary N) is 1. The molecule has 0 spiro atoms. The van der Waals surface area contributed by atoms with Crippen LogP contribution in [0, 0.1) is 0 Å². The molecule has 0 bridgehead atoms. The Kier molecular flexibility index (Phi) is 3.74. The Morgan fingerprint density at radius 3 is 3.00 bits per heavy atom. The number of amides is 1. The van der Waals surface area contributed by atoms with Gasteiger partial charge >= 0.3 is 0 Å². The smallest absolute Gasteiger partial charge is 0.227 e. The predicted molar refractivity (Wildman–Crippen MR) is 71.7 cm³/mol. The molecule has 1 atom stereocenters. The Morgan fingerprint density at radius 2 is 2.24 bits per heavy atom. The largest absolute Gasteiger partial charge is 0.393 e. The van der Waals surface area contributed by atoms with Gasteiger partial charge in [0.1, 0.15) is 0 Å². The summed E-state index contributed by atoms with van der Waals surface area (Å²) in [5, 5.41) is 3.00. The van der Waals surface area contributed by atoms with Crippen molar-refractivity contribution in [2.24, 2.45) is 5.73 Å². The van der Waals surface area contributed by atoms with Gasteiger partial charge in [0.15, 0.2) is 0 Å². The van der Waals surface area contributed by atoms with Crippen molar-refractivity contribution in [3.8, 4) is 0 Å². The highest BCUT2D eigenvalue weighted by Crippen LogP contribution is 2.29. The van der Waals surface area contributed by atoms with Gasteiger partial charge in [0.2, 0.25) is 5.91 Å². The van der Waals surface area contributed by atoms with E-state index in [4.69, 9.17) is 18.0 Å². The molecule has 0 saturated carbocycles. The number of carbonyl (C=O) groups excluding carboxylic acids is 1. The van der Waals surface area contributed by atoms with Crippen LogP contribution in [0.1, 0.15) is 36.4 Å². The number of hydrogen-bond donors (Lipinski definition) is 2. The molecule has 0 saturated heterocycles.